The van der Waals surface area contributed by atoms with Gasteiger partial charge >= 0.3 is 12.4 Å². The van der Waals surface area contributed by atoms with E-state index >= 15 is 0 Å². The molecule has 0 radical (unpaired) electrons. The van der Waals surface area contributed by atoms with Gasteiger partial charge in [-0.3, -0.25) is 0 Å². The van der Waals surface area contributed by atoms with Crippen LogP contribution in [0.1, 0.15) is 17.0 Å². The van der Waals surface area contributed by atoms with Crippen molar-refractivity contribution in [2.24, 2.45) is 0 Å². The smallest absolute Gasteiger partial charge is 0.417 e. The van der Waals surface area contributed by atoms with E-state index in [1.165, 1.54) is 17.8 Å². The second-order valence-corrected chi connectivity index (χ2v) is 7.42. The van der Waals surface area contributed by atoms with E-state index in [1.807, 2.05) is 6.26 Å². The lowest BCUT2D eigenvalue weighted by atomic mass is 10.1. The molecule has 0 bridgehead atoms. The molecular formula is C20H14F6N4OS. The molecule has 0 aliphatic carbocycles. The van der Waals surface area contributed by atoms with Crippen LogP contribution in [0, 0.1) is 11.3 Å². The maximum Gasteiger partial charge on any atom is 0.417 e. The molecule has 32 heavy (non-hydrogen) atoms. The summed E-state index contributed by atoms with van der Waals surface area (Å²) in [7, 11) is 0. The van der Waals surface area contributed by atoms with Gasteiger partial charge in [0, 0.05) is 16.1 Å². The Morgan fingerprint density at radius 1 is 1.03 bits per heavy atom. The molecule has 0 saturated heterocycles. The Kier molecular flexibility index (Phi) is 6.68. The maximum atomic E-state index is 13.3. The highest BCUT2D eigenvalue weighted by Gasteiger charge is 2.36. The standard InChI is InChI=1S/C20H14F6N4OS/c1-32-15-6-3-12(4-7-15)18-29-28-17(31-18)10-30(11-19(21,22)23)14-5-2-13(9-27)16(8-14)20(24,25)26/h2-8H,10-11H2,1H3. The summed E-state index contributed by atoms with van der Waals surface area (Å²) in [5.41, 5.74) is -1.87. The number of anilines is 1. The number of nitriles is 1. The maximum absolute atomic E-state index is 13.3. The Morgan fingerprint density at radius 2 is 1.72 bits per heavy atom. The van der Waals surface area contributed by atoms with Crippen LogP contribution in [0.2, 0.25) is 0 Å². The number of nitrogens with zero attached hydrogens (tertiary/aromatic N) is 4. The van der Waals surface area contributed by atoms with Gasteiger partial charge in [0.1, 0.15) is 6.54 Å². The van der Waals surface area contributed by atoms with Crippen LogP contribution >= 0.6 is 11.8 Å². The van der Waals surface area contributed by atoms with Crippen molar-refractivity contribution in [3.8, 4) is 17.5 Å². The Hall–Kier alpha value is -3.20. The van der Waals surface area contributed by atoms with Crippen LogP contribution in [0.5, 0.6) is 0 Å². The zero-order chi connectivity index (χ0) is 23.5. The Labute approximate surface area is 182 Å². The van der Waals surface area contributed by atoms with E-state index in [-0.39, 0.29) is 11.8 Å². The van der Waals surface area contributed by atoms with Gasteiger partial charge in [-0.2, -0.15) is 31.6 Å². The van der Waals surface area contributed by atoms with Crippen LogP contribution in [-0.4, -0.2) is 29.2 Å². The Morgan fingerprint density at radius 3 is 2.28 bits per heavy atom. The predicted molar refractivity (Wildman–Crippen MR) is 105 cm³/mol. The van der Waals surface area contributed by atoms with E-state index in [1.54, 1.807) is 24.3 Å². The van der Waals surface area contributed by atoms with Crippen molar-refractivity contribution in [1.29, 1.82) is 5.26 Å². The highest BCUT2D eigenvalue weighted by Crippen LogP contribution is 2.35. The third kappa shape index (κ3) is 5.73. The predicted octanol–water partition coefficient (Wildman–Crippen LogP) is 5.92. The van der Waals surface area contributed by atoms with Gasteiger partial charge in [-0.05, 0) is 48.7 Å². The Bertz CT molecular complexity index is 1120. The average molecular weight is 472 g/mol. The van der Waals surface area contributed by atoms with Crippen molar-refractivity contribution in [3.05, 3.63) is 59.5 Å². The molecule has 3 rings (SSSR count). The summed E-state index contributed by atoms with van der Waals surface area (Å²) in [6.45, 7) is -2.14. The molecule has 0 aliphatic heterocycles. The quantitative estimate of drug-likeness (QED) is 0.328. The van der Waals surface area contributed by atoms with Gasteiger partial charge in [-0.1, -0.05) is 0 Å². The molecule has 0 aliphatic rings. The van der Waals surface area contributed by atoms with Crippen LogP contribution < -0.4 is 4.90 Å². The van der Waals surface area contributed by atoms with Gasteiger partial charge in [0.25, 0.3) is 0 Å². The fourth-order valence-corrected chi connectivity index (χ4v) is 3.26. The second kappa shape index (κ2) is 9.12. The number of hydrogen-bond donors (Lipinski definition) is 0. The zero-order valence-electron chi connectivity index (χ0n) is 16.3. The SMILES string of the molecule is CSc1ccc(-c2nnc(CN(CC(F)(F)F)c3ccc(C#N)c(C(F)(F)F)c3)o2)cc1. The van der Waals surface area contributed by atoms with Crippen LogP contribution in [-0.2, 0) is 12.7 Å². The fourth-order valence-electron chi connectivity index (χ4n) is 2.85. The molecule has 1 aromatic heterocycles. The van der Waals surface area contributed by atoms with Gasteiger partial charge in [0.15, 0.2) is 0 Å². The minimum absolute atomic E-state index is 0.0652. The summed E-state index contributed by atoms with van der Waals surface area (Å²) >= 11 is 1.51. The molecule has 5 nitrogen and oxygen atoms in total. The summed E-state index contributed by atoms with van der Waals surface area (Å²) in [4.78, 5) is 1.61. The summed E-state index contributed by atoms with van der Waals surface area (Å²) < 4.78 is 84.6. The number of alkyl halides is 6. The lowest BCUT2D eigenvalue weighted by Gasteiger charge is -2.25. The van der Waals surface area contributed by atoms with Gasteiger partial charge in [-0.15, -0.1) is 22.0 Å². The molecule has 0 spiro atoms. The number of benzene rings is 2. The van der Waals surface area contributed by atoms with E-state index in [4.69, 9.17) is 9.68 Å². The van der Waals surface area contributed by atoms with Crippen LogP contribution in [0.25, 0.3) is 11.5 Å². The van der Waals surface area contributed by atoms with Crippen molar-refractivity contribution in [3.63, 3.8) is 0 Å². The monoisotopic (exact) mass is 472 g/mol. The second-order valence-electron chi connectivity index (χ2n) is 6.54. The molecule has 12 heteroatoms. The molecule has 0 N–H and O–H groups in total. The molecule has 0 unspecified atom stereocenters. The topological polar surface area (TPSA) is 66.0 Å². The van der Waals surface area contributed by atoms with E-state index in [2.05, 4.69) is 10.2 Å². The first kappa shape index (κ1) is 23.5. The van der Waals surface area contributed by atoms with E-state index < -0.39 is 42.3 Å². The molecule has 0 fully saturated rings. The molecule has 0 saturated carbocycles. The Balaban J connectivity index is 1.93. The van der Waals surface area contributed by atoms with Crippen molar-refractivity contribution >= 4 is 17.4 Å². The normalized spacial score (nSPS) is 11.9. The first-order chi connectivity index (χ1) is 15.0. The van der Waals surface area contributed by atoms with Gasteiger partial charge in [-0.25, -0.2) is 0 Å². The molecule has 0 atom stereocenters. The largest absolute Gasteiger partial charge is 0.419 e. The first-order valence-electron chi connectivity index (χ1n) is 8.90. The highest BCUT2D eigenvalue weighted by molar-refractivity contribution is 7.98. The minimum Gasteiger partial charge on any atom is -0.419 e. The summed E-state index contributed by atoms with van der Waals surface area (Å²) in [5, 5.41) is 16.4. The zero-order valence-corrected chi connectivity index (χ0v) is 17.1. The fraction of sp³-hybridized carbons (Fsp3) is 0.250. The van der Waals surface area contributed by atoms with Crippen molar-refractivity contribution < 1.29 is 30.8 Å². The number of aromatic nitrogens is 2. The van der Waals surface area contributed by atoms with Gasteiger partial charge in [0.05, 0.1) is 23.7 Å². The van der Waals surface area contributed by atoms with Crippen molar-refractivity contribution in [1.82, 2.24) is 10.2 Å². The van der Waals surface area contributed by atoms with E-state index in [0.29, 0.717) is 16.5 Å². The van der Waals surface area contributed by atoms with Crippen LogP contribution in [0.4, 0.5) is 32.0 Å². The molecule has 3 aromatic rings. The van der Waals surface area contributed by atoms with Gasteiger partial charge < -0.3 is 9.32 Å². The minimum atomic E-state index is -4.91. The molecule has 0 amide bonds. The molecular weight excluding hydrogens is 458 g/mol. The van der Waals surface area contributed by atoms with Crippen molar-refractivity contribution in [2.75, 3.05) is 17.7 Å². The number of rotatable bonds is 6. The third-order valence-corrected chi connectivity index (χ3v) is 5.04. The number of halogens is 6. The highest BCUT2D eigenvalue weighted by atomic mass is 32.2. The first-order valence-corrected chi connectivity index (χ1v) is 10.1. The van der Waals surface area contributed by atoms with Gasteiger partial charge in [0.2, 0.25) is 11.8 Å². The summed E-state index contributed by atoms with van der Waals surface area (Å²) in [6, 6.07) is 10.7. The number of hydrogen-bond acceptors (Lipinski definition) is 6. The van der Waals surface area contributed by atoms with Crippen molar-refractivity contribution in [2.45, 2.75) is 23.8 Å². The number of thioether (sulfide) groups is 1. The van der Waals surface area contributed by atoms with E-state index in [9.17, 15) is 26.3 Å². The summed E-state index contributed by atoms with van der Waals surface area (Å²) in [6.07, 6.45) is -7.74. The molecule has 1 heterocycles. The lowest BCUT2D eigenvalue weighted by Crippen LogP contribution is -2.34. The molecule has 2 aromatic carbocycles. The van der Waals surface area contributed by atoms with Crippen LogP contribution in [0.15, 0.2) is 51.8 Å². The third-order valence-electron chi connectivity index (χ3n) is 4.29. The average Bonchev–Trinajstić information content (AvgIpc) is 3.20. The lowest BCUT2D eigenvalue weighted by molar-refractivity contribution is -0.137. The molecule has 168 valence electrons. The summed E-state index contributed by atoms with van der Waals surface area (Å²) in [5.74, 6) is -0.147. The van der Waals surface area contributed by atoms with E-state index in [0.717, 1.165) is 17.0 Å². The van der Waals surface area contributed by atoms with Crippen LogP contribution in [0.3, 0.4) is 0 Å².